The number of primary amides is 1. The predicted octanol–water partition coefficient (Wildman–Crippen LogP) is 2.49. The summed E-state index contributed by atoms with van der Waals surface area (Å²) in [6.07, 6.45) is 5.98. The highest BCUT2D eigenvalue weighted by molar-refractivity contribution is 7.17. The molecule has 0 aliphatic heterocycles. The lowest BCUT2D eigenvalue weighted by Crippen LogP contribution is -2.18. The van der Waals surface area contributed by atoms with Crippen LogP contribution in [0, 0.1) is 5.92 Å². The van der Waals surface area contributed by atoms with Gasteiger partial charge in [-0.25, -0.2) is 0 Å². The van der Waals surface area contributed by atoms with E-state index >= 15 is 0 Å². The van der Waals surface area contributed by atoms with Crippen LogP contribution in [0.4, 0.5) is 5.00 Å². The van der Waals surface area contributed by atoms with Gasteiger partial charge >= 0.3 is 0 Å². The summed E-state index contributed by atoms with van der Waals surface area (Å²) < 4.78 is 0. The Hall–Kier alpha value is -1.62. The van der Waals surface area contributed by atoms with Gasteiger partial charge in [0, 0.05) is 4.88 Å². The fourth-order valence-corrected chi connectivity index (χ4v) is 3.82. The zero-order chi connectivity index (χ0) is 14.0. The van der Waals surface area contributed by atoms with Gasteiger partial charge in [-0.05, 0) is 43.7 Å². The predicted molar refractivity (Wildman–Crippen MR) is 77.5 cm³/mol. The van der Waals surface area contributed by atoms with Crippen molar-refractivity contribution in [2.24, 2.45) is 11.7 Å². The number of carbonyl (C=O) groups excluding carboxylic acids is 2. The van der Waals surface area contributed by atoms with Gasteiger partial charge in [0.25, 0.3) is 5.91 Å². The largest absolute Gasteiger partial charge is 0.365 e. The number of fused-ring (bicyclic) bond motifs is 1. The molecule has 1 aliphatic carbocycles. The van der Waals surface area contributed by atoms with Crippen LogP contribution in [-0.2, 0) is 17.6 Å². The Morgan fingerprint density at radius 3 is 2.84 bits per heavy atom. The molecular weight excluding hydrogens is 260 g/mol. The van der Waals surface area contributed by atoms with Gasteiger partial charge in [0.2, 0.25) is 5.91 Å². The Morgan fingerprint density at radius 2 is 2.21 bits per heavy atom. The maximum absolute atomic E-state index is 11.6. The fourth-order valence-electron chi connectivity index (χ4n) is 2.40. The molecule has 102 valence electrons. The van der Waals surface area contributed by atoms with Crippen molar-refractivity contribution in [3.8, 4) is 0 Å². The van der Waals surface area contributed by atoms with Crippen LogP contribution in [0.15, 0.2) is 12.2 Å². The third kappa shape index (κ3) is 2.87. The van der Waals surface area contributed by atoms with Crippen molar-refractivity contribution < 1.29 is 9.59 Å². The lowest BCUT2D eigenvalue weighted by Gasteiger charge is -2.18. The van der Waals surface area contributed by atoms with Crippen molar-refractivity contribution in [3.05, 3.63) is 28.2 Å². The summed E-state index contributed by atoms with van der Waals surface area (Å²) in [7, 11) is 0. The third-order valence-corrected chi connectivity index (χ3v) is 4.48. The molecule has 5 heteroatoms. The van der Waals surface area contributed by atoms with Crippen molar-refractivity contribution in [2.45, 2.75) is 33.1 Å². The van der Waals surface area contributed by atoms with E-state index in [0.29, 0.717) is 16.5 Å². The zero-order valence-corrected chi connectivity index (χ0v) is 12.0. The highest BCUT2D eigenvalue weighted by atomic mass is 32.1. The maximum atomic E-state index is 11.6. The topological polar surface area (TPSA) is 72.2 Å². The van der Waals surface area contributed by atoms with Crippen molar-refractivity contribution in [2.75, 3.05) is 5.32 Å². The first-order chi connectivity index (χ1) is 9.02. The summed E-state index contributed by atoms with van der Waals surface area (Å²) >= 11 is 1.48. The first kappa shape index (κ1) is 13.8. The summed E-state index contributed by atoms with van der Waals surface area (Å²) in [4.78, 5) is 24.4. The van der Waals surface area contributed by atoms with Crippen LogP contribution < -0.4 is 11.1 Å². The van der Waals surface area contributed by atoms with E-state index in [4.69, 9.17) is 5.73 Å². The SMILES string of the molecule is CC=CC(=O)Nc1sc2c(c1C(N)=O)CCC(C)C2. The molecule has 19 heavy (non-hydrogen) atoms. The van der Waals surface area contributed by atoms with E-state index in [2.05, 4.69) is 12.2 Å². The second-order valence-corrected chi connectivity index (χ2v) is 6.01. The first-order valence-corrected chi connectivity index (χ1v) is 7.22. The second-order valence-electron chi connectivity index (χ2n) is 4.91. The Bertz CT molecular complexity index is 546. The van der Waals surface area contributed by atoms with Crippen molar-refractivity contribution in [3.63, 3.8) is 0 Å². The molecule has 2 amide bonds. The Balaban J connectivity index is 2.38. The van der Waals surface area contributed by atoms with Gasteiger partial charge < -0.3 is 11.1 Å². The molecule has 0 radical (unpaired) electrons. The molecule has 0 spiro atoms. The average molecular weight is 278 g/mol. The quantitative estimate of drug-likeness (QED) is 0.834. The number of nitrogens with two attached hydrogens (primary N) is 1. The standard InChI is InChI=1S/C14H18N2O2S/c1-3-4-11(17)16-14-12(13(15)18)9-6-5-8(2)7-10(9)19-14/h3-4,8H,5-7H2,1-2H3,(H2,15,18)(H,16,17). The smallest absolute Gasteiger partial charge is 0.251 e. The minimum Gasteiger partial charge on any atom is -0.365 e. The van der Waals surface area contributed by atoms with Crippen LogP contribution in [0.1, 0.15) is 41.1 Å². The van der Waals surface area contributed by atoms with E-state index in [0.717, 1.165) is 24.8 Å². The molecule has 2 rings (SSSR count). The molecule has 1 atom stereocenters. The molecule has 1 aliphatic rings. The molecule has 0 saturated heterocycles. The van der Waals surface area contributed by atoms with Crippen LogP contribution in [0.3, 0.4) is 0 Å². The van der Waals surface area contributed by atoms with Gasteiger partial charge in [-0.1, -0.05) is 13.0 Å². The van der Waals surface area contributed by atoms with Crippen LogP contribution in [0.25, 0.3) is 0 Å². The fraction of sp³-hybridized carbons (Fsp3) is 0.429. The monoisotopic (exact) mass is 278 g/mol. The van der Waals surface area contributed by atoms with Crippen LogP contribution in [0.2, 0.25) is 0 Å². The number of amides is 2. The van der Waals surface area contributed by atoms with Gasteiger partial charge in [0.15, 0.2) is 0 Å². The first-order valence-electron chi connectivity index (χ1n) is 6.41. The molecule has 0 bridgehead atoms. The van der Waals surface area contributed by atoms with E-state index in [1.807, 2.05) is 0 Å². The number of hydrogen-bond donors (Lipinski definition) is 2. The lowest BCUT2D eigenvalue weighted by atomic mass is 9.88. The average Bonchev–Trinajstić information content (AvgIpc) is 2.65. The molecule has 0 aromatic carbocycles. The number of allylic oxidation sites excluding steroid dienone is 1. The van der Waals surface area contributed by atoms with Gasteiger partial charge in [0.05, 0.1) is 5.56 Å². The molecule has 3 N–H and O–H groups in total. The molecule has 1 aromatic rings. The summed E-state index contributed by atoms with van der Waals surface area (Å²) in [5.74, 6) is -0.0644. The number of thiophene rings is 1. The molecular formula is C14H18N2O2S. The van der Waals surface area contributed by atoms with Gasteiger partial charge in [-0.15, -0.1) is 11.3 Å². The number of carbonyl (C=O) groups is 2. The molecule has 1 aromatic heterocycles. The Morgan fingerprint density at radius 1 is 1.47 bits per heavy atom. The van der Waals surface area contributed by atoms with Gasteiger partial charge in [-0.2, -0.15) is 0 Å². The summed E-state index contributed by atoms with van der Waals surface area (Å²) in [5.41, 5.74) is 7.00. The lowest BCUT2D eigenvalue weighted by molar-refractivity contribution is -0.111. The minimum atomic E-state index is -0.456. The normalized spacial score (nSPS) is 18.3. The van der Waals surface area contributed by atoms with Gasteiger partial charge in [0.1, 0.15) is 5.00 Å². The molecule has 0 saturated carbocycles. The van der Waals surface area contributed by atoms with Crippen molar-refractivity contribution >= 4 is 28.2 Å². The Labute approximate surface area is 116 Å². The third-order valence-electron chi connectivity index (χ3n) is 3.31. The van der Waals surface area contributed by atoms with E-state index < -0.39 is 5.91 Å². The van der Waals surface area contributed by atoms with Crippen LogP contribution >= 0.6 is 11.3 Å². The zero-order valence-electron chi connectivity index (χ0n) is 11.2. The Kier molecular flexibility index (Phi) is 4.04. The van der Waals surface area contributed by atoms with Crippen molar-refractivity contribution in [1.82, 2.24) is 0 Å². The van der Waals surface area contributed by atoms with E-state index in [1.54, 1.807) is 13.0 Å². The van der Waals surface area contributed by atoms with Gasteiger partial charge in [-0.3, -0.25) is 9.59 Å². The minimum absolute atomic E-state index is 0.225. The molecule has 1 heterocycles. The van der Waals surface area contributed by atoms with Crippen LogP contribution in [0.5, 0.6) is 0 Å². The molecule has 1 unspecified atom stereocenters. The van der Waals surface area contributed by atoms with E-state index in [1.165, 1.54) is 22.3 Å². The number of nitrogens with one attached hydrogen (secondary N) is 1. The summed E-state index contributed by atoms with van der Waals surface area (Å²) in [6, 6.07) is 0. The highest BCUT2D eigenvalue weighted by Crippen LogP contribution is 2.39. The number of hydrogen-bond acceptors (Lipinski definition) is 3. The highest BCUT2D eigenvalue weighted by Gasteiger charge is 2.26. The van der Waals surface area contributed by atoms with Crippen molar-refractivity contribution in [1.29, 1.82) is 0 Å². The number of rotatable bonds is 3. The van der Waals surface area contributed by atoms with Crippen LogP contribution in [-0.4, -0.2) is 11.8 Å². The van der Waals surface area contributed by atoms with E-state index in [-0.39, 0.29) is 5.91 Å². The number of anilines is 1. The molecule has 4 nitrogen and oxygen atoms in total. The molecule has 0 fully saturated rings. The summed E-state index contributed by atoms with van der Waals surface area (Å²) in [6.45, 7) is 3.97. The summed E-state index contributed by atoms with van der Waals surface area (Å²) in [5, 5.41) is 3.35. The maximum Gasteiger partial charge on any atom is 0.251 e. The second kappa shape index (κ2) is 5.57. The van der Waals surface area contributed by atoms with E-state index in [9.17, 15) is 9.59 Å².